The van der Waals surface area contributed by atoms with Crippen LogP contribution in [0.5, 0.6) is 0 Å². The summed E-state index contributed by atoms with van der Waals surface area (Å²) in [6, 6.07) is 5.35. The van der Waals surface area contributed by atoms with Crippen LogP contribution in [0.2, 0.25) is 0 Å². The Bertz CT molecular complexity index is 617. The second-order valence-electron chi connectivity index (χ2n) is 4.38. The standard InChI is InChI=1S/C12H16N2O3S2/c1-9(6-10-4-5-18-8-10)14-7-11-2-3-12(17-11)19(13,15)16/h2-5,8-9,14H,6-7H2,1H3,(H2,13,15,16). The maximum atomic E-state index is 11.1. The zero-order valence-electron chi connectivity index (χ0n) is 10.5. The summed E-state index contributed by atoms with van der Waals surface area (Å²) < 4.78 is 27.3. The van der Waals surface area contributed by atoms with Gasteiger partial charge in [0.2, 0.25) is 5.09 Å². The number of hydrogen-bond donors (Lipinski definition) is 2. The highest BCUT2D eigenvalue weighted by Gasteiger charge is 2.13. The van der Waals surface area contributed by atoms with Gasteiger partial charge in [0.25, 0.3) is 10.0 Å². The number of hydrogen-bond acceptors (Lipinski definition) is 5. The molecule has 0 aliphatic heterocycles. The molecule has 1 atom stereocenters. The second-order valence-corrected chi connectivity index (χ2v) is 6.66. The number of rotatable bonds is 6. The van der Waals surface area contributed by atoms with Crippen LogP contribution >= 0.6 is 11.3 Å². The molecular formula is C12H16N2O3S2. The molecule has 0 fully saturated rings. The zero-order chi connectivity index (χ0) is 13.9. The van der Waals surface area contributed by atoms with E-state index in [4.69, 9.17) is 9.56 Å². The molecule has 0 bridgehead atoms. The molecule has 0 radical (unpaired) electrons. The van der Waals surface area contributed by atoms with Gasteiger partial charge in [-0.05, 0) is 47.9 Å². The van der Waals surface area contributed by atoms with E-state index in [2.05, 4.69) is 23.7 Å². The summed E-state index contributed by atoms with van der Waals surface area (Å²) in [7, 11) is -3.75. The van der Waals surface area contributed by atoms with Gasteiger partial charge in [-0.25, -0.2) is 13.6 Å². The zero-order valence-corrected chi connectivity index (χ0v) is 12.1. The fourth-order valence-electron chi connectivity index (χ4n) is 1.72. The Hall–Kier alpha value is -1.15. The van der Waals surface area contributed by atoms with Crippen LogP contribution in [-0.4, -0.2) is 14.5 Å². The van der Waals surface area contributed by atoms with Crippen LogP contribution in [0.3, 0.4) is 0 Å². The minimum absolute atomic E-state index is 0.199. The van der Waals surface area contributed by atoms with Crippen molar-refractivity contribution in [3.63, 3.8) is 0 Å². The molecule has 0 aromatic carbocycles. The normalized spacial score (nSPS) is 13.6. The van der Waals surface area contributed by atoms with Gasteiger partial charge in [-0.2, -0.15) is 11.3 Å². The summed E-state index contributed by atoms with van der Waals surface area (Å²) >= 11 is 1.68. The fourth-order valence-corrected chi connectivity index (χ4v) is 2.88. The van der Waals surface area contributed by atoms with Gasteiger partial charge in [-0.1, -0.05) is 0 Å². The van der Waals surface area contributed by atoms with Gasteiger partial charge in [-0.3, -0.25) is 0 Å². The van der Waals surface area contributed by atoms with E-state index in [9.17, 15) is 8.42 Å². The highest BCUT2D eigenvalue weighted by Crippen LogP contribution is 2.13. The lowest BCUT2D eigenvalue weighted by Crippen LogP contribution is -2.27. The molecule has 3 N–H and O–H groups in total. The predicted octanol–water partition coefficient (Wildman–Crippen LogP) is 1.71. The molecule has 0 saturated heterocycles. The van der Waals surface area contributed by atoms with Crippen LogP contribution < -0.4 is 10.5 Å². The van der Waals surface area contributed by atoms with Crippen molar-refractivity contribution in [2.24, 2.45) is 5.14 Å². The number of nitrogens with one attached hydrogen (secondary N) is 1. The van der Waals surface area contributed by atoms with Crippen LogP contribution in [0.15, 0.2) is 38.5 Å². The van der Waals surface area contributed by atoms with Gasteiger partial charge in [-0.15, -0.1) is 0 Å². The Labute approximate surface area is 116 Å². The van der Waals surface area contributed by atoms with Crippen molar-refractivity contribution < 1.29 is 12.8 Å². The van der Waals surface area contributed by atoms with Gasteiger partial charge in [0, 0.05) is 6.04 Å². The van der Waals surface area contributed by atoms with Crippen LogP contribution in [0.4, 0.5) is 0 Å². The monoisotopic (exact) mass is 300 g/mol. The summed E-state index contributed by atoms with van der Waals surface area (Å²) in [5.74, 6) is 0.557. The van der Waals surface area contributed by atoms with E-state index < -0.39 is 10.0 Å². The van der Waals surface area contributed by atoms with Crippen molar-refractivity contribution in [2.45, 2.75) is 31.0 Å². The van der Waals surface area contributed by atoms with E-state index in [1.807, 2.05) is 5.38 Å². The molecule has 0 aliphatic rings. The summed E-state index contributed by atoms with van der Waals surface area (Å²) in [4.78, 5) is 0. The lowest BCUT2D eigenvalue weighted by molar-refractivity contribution is 0.391. The molecule has 0 saturated carbocycles. The van der Waals surface area contributed by atoms with Gasteiger partial charge in [0.05, 0.1) is 6.54 Å². The third-order valence-corrected chi connectivity index (χ3v) is 4.18. The van der Waals surface area contributed by atoms with Gasteiger partial charge in [0.1, 0.15) is 5.76 Å². The third-order valence-electron chi connectivity index (χ3n) is 2.66. The number of sulfonamides is 1. The van der Waals surface area contributed by atoms with E-state index >= 15 is 0 Å². The fraction of sp³-hybridized carbons (Fsp3) is 0.333. The largest absolute Gasteiger partial charge is 0.447 e. The van der Waals surface area contributed by atoms with Crippen LogP contribution in [-0.2, 0) is 23.0 Å². The van der Waals surface area contributed by atoms with Gasteiger partial charge < -0.3 is 9.73 Å². The smallest absolute Gasteiger partial charge is 0.271 e. The molecular weight excluding hydrogens is 284 g/mol. The number of primary sulfonamides is 1. The lowest BCUT2D eigenvalue weighted by Gasteiger charge is -2.11. The molecule has 7 heteroatoms. The third kappa shape index (κ3) is 4.17. The molecule has 0 spiro atoms. The molecule has 19 heavy (non-hydrogen) atoms. The predicted molar refractivity (Wildman–Crippen MR) is 74.4 cm³/mol. The number of nitrogens with two attached hydrogens (primary N) is 1. The van der Waals surface area contributed by atoms with Crippen molar-refractivity contribution in [1.29, 1.82) is 0 Å². The summed E-state index contributed by atoms with van der Waals surface area (Å²) in [6.45, 7) is 2.54. The molecule has 2 heterocycles. The average Bonchev–Trinajstić information content (AvgIpc) is 2.95. The maximum Gasteiger partial charge on any atom is 0.271 e. The molecule has 2 aromatic heterocycles. The molecule has 1 unspecified atom stereocenters. The minimum Gasteiger partial charge on any atom is -0.447 e. The average molecular weight is 300 g/mol. The van der Waals surface area contributed by atoms with Gasteiger partial charge >= 0.3 is 0 Å². The topological polar surface area (TPSA) is 85.3 Å². The van der Waals surface area contributed by atoms with E-state index in [1.54, 1.807) is 17.4 Å². The Morgan fingerprint density at radius 1 is 1.42 bits per heavy atom. The van der Waals surface area contributed by atoms with Crippen LogP contribution in [0.25, 0.3) is 0 Å². The first-order chi connectivity index (χ1) is 8.95. The highest BCUT2D eigenvalue weighted by atomic mass is 32.2. The second kappa shape index (κ2) is 5.87. The Balaban J connectivity index is 1.87. The van der Waals surface area contributed by atoms with E-state index in [0.717, 1.165) is 6.42 Å². The molecule has 2 aromatic rings. The van der Waals surface area contributed by atoms with Gasteiger partial charge in [0.15, 0.2) is 0 Å². The van der Waals surface area contributed by atoms with E-state index in [1.165, 1.54) is 11.6 Å². The summed E-state index contributed by atoms with van der Waals surface area (Å²) in [5.41, 5.74) is 1.29. The van der Waals surface area contributed by atoms with Crippen molar-refractivity contribution in [3.05, 3.63) is 40.3 Å². The molecule has 0 aliphatic carbocycles. The Kier molecular flexibility index (Phi) is 4.41. The first kappa shape index (κ1) is 14.3. The number of furan rings is 1. The number of thiophene rings is 1. The van der Waals surface area contributed by atoms with E-state index in [0.29, 0.717) is 12.3 Å². The van der Waals surface area contributed by atoms with Crippen molar-refractivity contribution in [3.8, 4) is 0 Å². The first-order valence-corrected chi connectivity index (χ1v) is 8.30. The SMILES string of the molecule is CC(Cc1ccsc1)NCc1ccc(S(N)(=O)=O)o1. The minimum atomic E-state index is -3.75. The molecule has 2 rings (SSSR count). The summed E-state index contributed by atoms with van der Waals surface area (Å²) in [6.07, 6.45) is 0.923. The molecule has 5 nitrogen and oxygen atoms in total. The lowest BCUT2D eigenvalue weighted by atomic mass is 10.1. The van der Waals surface area contributed by atoms with Crippen molar-refractivity contribution in [2.75, 3.05) is 0 Å². The Morgan fingerprint density at radius 2 is 2.21 bits per heavy atom. The Morgan fingerprint density at radius 3 is 2.79 bits per heavy atom. The molecule has 104 valence electrons. The first-order valence-electron chi connectivity index (χ1n) is 5.81. The van der Waals surface area contributed by atoms with Crippen LogP contribution in [0.1, 0.15) is 18.2 Å². The van der Waals surface area contributed by atoms with Crippen molar-refractivity contribution in [1.82, 2.24) is 5.32 Å². The maximum absolute atomic E-state index is 11.1. The van der Waals surface area contributed by atoms with E-state index in [-0.39, 0.29) is 11.1 Å². The molecule has 0 amide bonds. The van der Waals surface area contributed by atoms with Crippen molar-refractivity contribution >= 4 is 21.4 Å². The quantitative estimate of drug-likeness (QED) is 0.850. The summed E-state index contributed by atoms with van der Waals surface area (Å²) in [5, 5.41) is 12.2. The highest BCUT2D eigenvalue weighted by molar-refractivity contribution is 7.89. The van der Waals surface area contributed by atoms with Crippen LogP contribution in [0, 0.1) is 0 Å².